The third kappa shape index (κ3) is 6.89. The highest BCUT2D eigenvalue weighted by atomic mass is 32.2. The Morgan fingerprint density at radius 2 is 1.66 bits per heavy atom. The van der Waals surface area contributed by atoms with Crippen molar-refractivity contribution in [2.45, 2.75) is 67.3 Å². The lowest BCUT2D eigenvalue weighted by molar-refractivity contribution is -0.136. The summed E-state index contributed by atoms with van der Waals surface area (Å²) in [7, 11) is 0. The van der Waals surface area contributed by atoms with Crippen molar-refractivity contribution in [2.75, 3.05) is 5.32 Å². The Morgan fingerprint density at radius 3 is 2.34 bits per heavy atom. The summed E-state index contributed by atoms with van der Waals surface area (Å²) in [5, 5.41) is 12.2. The maximum absolute atomic E-state index is 13.5. The molecule has 0 saturated heterocycles. The zero-order valence-electron chi connectivity index (χ0n) is 20.0. The van der Waals surface area contributed by atoms with E-state index in [1.54, 1.807) is 11.8 Å². The van der Waals surface area contributed by atoms with E-state index in [0.29, 0.717) is 0 Å². The van der Waals surface area contributed by atoms with Gasteiger partial charge in [0, 0.05) is 21.5 Å². The first-order chi connectivity index (χ1) is 17.0. The van der Waals surface area contributed by atoms with Crippen molar-refractivity contribution in [3.8, 4) is 0 Å². The summed E-state index contributed by atoms with van der Waals surface area (Å²) >= 11 is 1.57. The molecule has 0 aromatic heterocycles. The highest BCUT2D eigenvalue weighted by molar-refractivity contribution is 7.99. The van der Waals surface area contributed by atoms with Crippen molar-refractivity contribution in [1.82, 2.24) is 4.90 Å². The van der Waals surface area contributed by atoms with Gasteiger partial charge in [0.05, 0.1) is 12.5 Å². The molecule has 0 aliphatic heterocycles. The molecule has 182 valence electrons. The van der Waals surface area contributed by atoms with Crippen LogP contribution < -0.4 is 5.32 Å². The zero-order valence-corrected chi connectivity index (χ0v) is 20.8. The topological polar surface area (TPSA) is 69.6 Å². The minimum Gasteiger partial charge on any atom is -0.481 e. The number of urea groups is 1. The van der Waals surface area contributed by atoms with Gasteiger partial charge >= 0.3 is 12.0 Å². The summed E-state index contributed by atoms with van der Waals surface area (Å²) in [6, 6.07) is 25.8. The molecule has 35 heavy (non-hydrogen) atoms. The lowest BCUT2D eigenvalue weighted by Gasteiger charge is -2.38. The first-order valence-electron chi connectivity index (χ1n) is 12.2. The number of aliphatic carboxylic acids is 1. The van der Waals surface area contributed by atoms with E-state index in [1.807, 2.05) is 71.6 Å². The van der Waals surface area contributed by atoms with Crippen LogP contribution >= 0.6 is 11.8 Å². The molecule has 1 fully saturated rings. The number of carbonyl (C=O) groups is 2. The summed E-state index contributed by atoms with van der Waals surface area (Å²) in [5.41, 5.74) is 2.69. The molecule has 4 rings (SSSR count). The Morgan fingerprint density at radius 1 is 0.943 bits per heavy atom. The predicted molar refractivity (Wildman–Crippen MR) is 141 cm³/mol. The van der Waals surface area contributed by atoms with Crippen molar-refractivity contribution < 1.29 is 14.7 Å². The average molecular weight is 489 g/mol. The molecule has 6 heteroatoms. The first-order valence-corrected chi connectivity index (χ1v) is 13.0. The number of carbonyl (C=O) groups excluding carboxylic acids is 1. The van der Waals surface area contributed by atoms with Gasteiger partial charge in [-0.1, -0.05) is 73.5 Å². The van der Waals surface area contributed by atoms with Gasteiger partial charge in [-0.05, 0) is 67.3 Å². The number of nitrogens with one attached hydrogen (secondary N) is 1. The summed E-state index contributed by atoms with van der Waals surface area (Å²) in [5.74, 6) is -0.837. The monoisotopic (exact) mass is 488 g/mol. The fraction of sp³-hybridized carbons (Fsp3) is 0.310. The van der Waals surface area contributed by atoms with Gasteiger partial charge in [0.2, 0.25) is 0 Å². The first kappa shape index (κ1) is 24.9. The Bertz CT molecular complexity index is 1130. The van der Waals surface area contributed by atoms with Crippen LogP contribution in [0.5, 0.6) is 0 Å². The maximum atomic E-state index is 13.5. The molecule has 3 aromatic carbocycles. The number of amides is 2. The van der Waals surface area contributed by atoms with E-state index >= 15 is 0 Å². The number of carboxylic acid groups (broad SMARTS) is 1. The Balaban J connectivity index is 1.45. The minimum absolute atomic E-state index is 0.00722. The van der Waals surface area contributed by atoms with Crippen LogP contribution in [0.15, 0.2) is 88.7 Å². The lowest BCUT2D eigenvalue weighted by Crippen LogP contribution is -2.45. The summed E-state index contributed by atoms with van der Waals surface area (Å²) in [6.45, 7) is 2.11. The van der Waals surface area contributed by atoms with Gasteiger partial charge in [-0.2, -0.15) is 0 Å². The maximum Gasteiger partial charge on any atom is 0.322 e. The van der Waals surface area contributed by atoms with Crippen molar-refractivity contribution in [3.63, 3.8) is 0 Å². The molecule has 2 N–H and O–H groups in total. The van der Waals surface area contributed by atoms with E-state index in [9.17, 15) is 9.59 Å². The average Bonchev–Trinajstić information content (AvgIpc) is 2.86. The second-order valence-electron chi connectivity index (χ2n) is 9.06. The number of nitrogens with zero attached hydrogens (tertiary/aromatic N) is 1. The summed E-state index contributed by atoms with van der Waals surface area (Å²) in [4.78, 5) is 28.5. The predicted octanol–water partition coefficient (Wildman–Crippen LogP) is 7.39. The van der Waals surface area contributed by atoms with E-state index in [2.05, 4.69) is 24.4 Å². The number of carboxylic acids is 1. The fourth-order valence-electron chi connectivity index (χ4n) is 4.73. The van der Waals surface area contributed by atoms with Crippen LogP contribution in [0.1, 0.15) is 56.2 Å². The zero-order chi connectivity index (χ0) is 24.6. The number of hydrogen-bond acceptors (Lipinski definition) is 3. The van der Waals surface area contributed by atoms with Gasteiger partial charge in [-0.15, -0.1) is 0 Å². The number of rotatable bonds is 8. The quantitative estimate of drug-likeness (QED) is 0.347. The lowest BCUT2D eigenvalue weighted by atomic mass is 9.92. The number of benzene rings is 3. The molecule has 0 bridgehead atoms. The molecule has 1 aliphatic carbocycles. The van der Waals surface area contributed by atoms with Gasteiger partial charge in [0.1, 0.15) is 0 Å². The van der Waals surface area contributed by atoms with E-state index < -0.39 is 5.97 Å². The minimum atomic E-state index is -0.837. The normalized spacial score (nSPS) is 14.8. The second-order valence-corrected chi connectivity index (χ2v) is 10.2. The third-order valence-corrected chi connectivity index (χ3v) is 7.49. The van der Waals surface area contributed by atoms with Crippen LogP contribution in [0.4, 0.5) is 10.5 Å². The molecule has 5 nitrogen and oxygen atoms in total. The largest absolute Gasteiger partial charge is 0.481 e. The van der Waals surface area contributed by atoms with E-state index in [4.69, 9.17) is 5.11 Å². The van der Waals surface area contributed by atoms with Crippen molar-refractivity contribution in [2.24, 2.45) is 0 Å². The van der Waals surface area contributed by atoms with Crippen molar-refractivity contribution >= 4 is 29.4 Å². The van der Waals surface area contributed by atoms with Crippen LogP contribution in [0.3, 0.4) is 0 Å². The number of anilines is 1. The fourth-order valence-corrected chi connectivity index (χ4v) is 5.63. The molecule has 3 aromatic rings. The van der Waals surface area contributed by atoms with Gasteiger partial charge in [-0.3, -0.25) is 4.79 Å². The summed E-state index contributed by atoms with van der Waals surface area (Å²) in [6.07, 6.45) is 5.66. The SMILES string of the molecule is CC(c1ccccc1)N(C(=O)Nc1ccc(Sc2cccc(CC(=O)O)c2)cc1)C1CCCCC1. The third-order valence-electron chi connectivity index (χ3n) is 6.50. The Kier molecular flexibility index (Phi) is 8.48. The molecular weight excluding hydrogens is 456 g/mol. The van der Waals surface area contributed by atoms with Crippen molar-refractivity contribution in [3.05, 3.63) is 90.0 Å². The highest BCUT2D eigenvalue weighted by Crippen LogP contribution is 2.32. The smallest absolute Gasteiger partial charge is 0.322 e. The Labute approximate surface area is 211 Å². The number of hydrogen-bond donors (Lipinski definition) is 2. The molecule has 1 saturated carbocycles. The molecule has 1 aliphatic rings. The molecule has 0 heterocycles. The van der Waals surface area contributed by atoms with Crippen molar-refractivity contribution in [1.29, 1.82) is 0 Å². The molecule has 1 atom stereocenters. The van der Waals surface area contributed by atoms with Gasteiger partial charge in [0.25, 0.3) is 0 Å². The Hall–Kier alpha value is -3.25. The molecule has 1 unspecified atom stereocenters. The van der Waals surface area contributed by atoms with Crippen LogP contribution in [0.25, 0.3) is 0 Å². The summed E-state index contributed by atoms with van der Waals surface area (Å²) < 4.78 is 0. The highest BCUT2D eigenvalue weighted by Gasteiger charge is 2.30. The van der Waals surface area contributed by atoms with Gasteiger partial charge < -0.3 is 15.3 Å². The van der Waals surface area contributed by atoms with Crippen LogP contribution in [0, 0.1) is 0 Å². The standard InChI is InChI=1S/C29H32N2O3S/c1-21(23-10-4-2-5-11-23)31(25-12-6-3-7-13-25)29(34)30-24-15-17-26(18-16-24)35-27-14-8-9-22(19-27)20-28(32)33/h2,4-5,8-11,14-19,21,25H,3,6-7,12-13,20H2,1H3,(H,30,34)(H,32,33). The van der Waals surface area contributed by atoms with Crippen LogP contribution in [0.2, 0.25) is 0 Å². The molecular formula is C29H32N2O3S. The van der Waals surface area contributed by atoms with E-state index in [0.717, 1.165) is 52.3 Å². The molecule has 0 spiro atoms. The van der Waals surface area contributed by atoms with Gasteiger partial charge in [0.15, 0.2) is 0 Å². The van der Waals surface area contributed by atoms with Crippen LogP contribution in [-0.4, -0.2) is 28.0 Å². The van der Waals surface area contributed by atoms with Crippen LogP contribution in [-0.2, 0) is 11.2 Å². The van der Waals surface area contributed by atoms with Gasteiger partial charge in [-0.25, -0.2) is 4.79 Å². The second kappa shape index (κ2) is 11.9. The van der Waals surface area contributed by atoms with E-state index in [1.165, 1.54) is 6.42 Å². The van der Waals surface area contributed by atoms with E-state index in [-0.39, 0.29) is 24.5 Å². The molecule has 2 amide bonds. The molecule has 0 radical (unpaired) electrons.